The molecule has 0 radical (unpaired) electrons. The molecule has 1 atom stereocenters. The molecule has 0 aliphatic carbocycles. The first kappa shape index (κ1) is 15.9. The number of sulfonamides is 1. The minimum atomic E-state index is -3.38. The van der Waals surface area contributed by atoms with E-state index in [1.165, 1.54) is 7.05 Å². The minimum absolute atomic E-state index is 0.0503. The van der Waals surface area contributed by atoms with E-state index in [2.05, 4.69) is 10.0 Å². The molecule has 2 N–H and O–H groups in total. The van der Waals surface area contributed by atoms with Gasteiger partial charge in [-0.2, -0.15) is 0 Å². The number of hydrogen-bond donors (Lipinski definition) is 2. The molecule has 0 heterocycles. The molecule has 108 valence electrons. The van der Waals surface area contributed by atoms with Crippen molar-refractivity contribution in [3.05, 3.63) is 24.3 Å². The lowest BCUT2D eigenvalue weighted by molar-refractivity contribution is 0.0365. The Labute approximate surface area is 114 Å². The molecule has 0 aromatic heterocycles. The van der Waals surface area contributed by atoms with Crippen LogP contribution in [-0.2, 0) is 19.5 Å². The smallest absolute Gasteiger partial charge is 0.240 e. The van der Waals surface area contributed by atoms with E-state index in [1.54, 1.807) is 38.5 Å². The minimum Gasteiger partial charge on any atom is -0.382 e. The summed E-state index contributed by atoms with van der Waals surface area (Å²) >= 11 is 0. The first-order chi connectivity index (χ1) is 9.03. The molecule has 0 saturated heterocycles. The summed E-state index contributed by atoms with van der Waals surface area (Å²) in [5, 5.41) is 3.16. The van der Waals surface area contributed by atoms with Gasteiger partial charge in [-0.25, -0.2) is 13.1 Å². The Morgan fingerprint density at radius 1 is 1.21 bits per heavy atom. The highest BCUT2D eigenvalue weighted by Gasteiger charge is 2.11. The second kappa shape index (κ2) is 7.44. The van der Waals surface area contributed by atoms with Crippen LogP contribution in [0.4, 0.5) is 5.69 Å². The molecular formula is C12H20N2O4S. The van der Waals surface area contributed by atoms with Gasteiger partial charge >= 0.3 is 0 Å². The molecule has 1 aromatic rings. The Bertz CT molecular complexity index is 473. The standard InChI is InChI=1S/C12H20N2O4S/c1-13-19(15,16)12-6-4-10(5-7-12)14-8-11(18-3)9-17-2/h4-7,11,13-14H,8-9H2,1-3H3. The van der Waals surface area contributed by atoms with Gasteiger partial charge in [0.15, 0.2) is 0 Å². The van der Waals surface area contributed by atoms with Gasteiger partial charge in [0.05, 0.1) is 17.6 Å². The maximum absolute atomic E-state index is 11.5. The predicted octanol–water partition coefficient (Wildman–Crippen LogP) is 0.668. The van der Waals surface area contributed by atoms with Crippen LogP contribution in [0.25, 0.3) is 0 Å². The Morgan fingerprint density at radius 2 is 1.84 bits per heavy atom. The second-order valence-electron chi connectivity index (χ2n) is 3.93. The summed E-state index contributed by atoms with van der Waals surface area (Å²) in [6.07, 6.45) is -0.0503. The van der Waals surface area contributed by atoms with E-state index in [4.69, 9.17) is 9.47 Å². The van der Waals surface area contributed by atoms with Crippen LogP contribution < -0.4 is 10.0 Å². The van der Waals surface area contributed by atoms with Crippen molar-refractivity contribution in [2.24, 2.45) is 0 Å². The SMILES string of the molecule is CNS(=O)(=O)c1ccc(NCC(COC)OC)cc1. The Kier molecular flexibility index (Phi) is 6.23. The van der Waals surface area contributed by atoms with Gasteiger partial charge in [0.1, 0.15) is 0 Å². The molecule has 0 aliphatic rings. The van der Waals surface area contributed by atoms with Crippen LogP contribution in [0.3, 0.4) is 0 Å². The molecule has 19 heavy (non-hydrogen) atoms. The van der Waals surface area contributed by atoms with Crippen molar-refractivity contribution in [1.29, 1.82) is 0 Å². The number of anilines is 1. The van der Waals surface area contributed by atoms with Crippen LogP contribution in [0.15, 0.2) is 29.2 Å². The van der Waals surface area contributed by atoms with Crippen LogP contribution in [-0.4, -0.2) is 48.9 Å². The Balaban J connectivity index is 2.62. The van der Waals surface area contributed by atoms with Crippen LogP contribution in [0.1, 0.15) is 0 Å². The number of rotatable bonds is 8. The molecule has 0 aliphatic heterocycles. The first-order valence-corrected chi connectivity index (χ1v) is 7.31. The van der Waals surface area contributed by atoms with Crippen molar-refractivity contribution in [3.63, 3.8) is 0 Å². The lowest BCUT2D eigenvalue weighted by Gasteiger charge is -2.16. The Morgan fingerprint density at radius 3 is 2.32 bits per heavy atom. The highest BCUT2D eigenvalue weighted by Crippen LogP contribution is 2.13. The molecular weight excluding hydrogens is 268 g/mol. The summed E-state index contributed by atoms with van der Waals surface area (Å²) in [5.74, 6) is 0. The third kappa shape index (κ3) is 4.79. The quantitative estimate of drug-likeness (QED) is 0.735. The summed E-state index contributed by atoms with van der Waals surface area (Å²) in [6, 6.07) is 6.52. The normalized spacial score (nSPS) is 13.2. The van der Waals surface area contributed by atoms with Crippen molar-refractivity contribution >= 4 is 15.7 Å². The fourth-order valence-corrected chi connectivity index (χ4v) is 2.23. The van der Waals surface area contributed by atoms with Crippen molar-refractivity contribution < 1.29 is 17.9 Å². The van der Waals surface area contributed by atoms with E-state index in [9.17, 15) is 8.42 Å². The maximum Gasteiger partial charge on any atom is 0.240 e. The summed E-state index contributed by atoms with van der Waals surface area (Å²) in [5.41, 5.74) is 0.827. The number of hydrogen-bond acceptors (Lipinski definition) is 5. The van der Waals surface area contributed by atoms with Crippen molar-refractivity contribution in [2.75, 3.05) is 39.7 Å². The highest BCUT2D eigenvalue weighted by atomic mass is 32.2. The number of methoxy groups -OCH3 is 2. The fraction of sp³-hybridized carbons (Fsp3) is 0.500. The lowest BCUT2D eigenvalue weighted by Crippen LogP contribution is -2.26. The fourth-order valence-electron chi connectivity index (χ4n) is 1.50. The number of ether oxygens (including phenoxy) is 2. The van der Waals surface area contributed by atoms with Gasteiger partial charge in [0.25, 0.3) is 0 Å². The largest absolute Gasteiger partial charge is 0.382 e. The van der Waals surface area contributed by atoms with Crippen LogP contribution >= 0.6 is 0 Å². The molecule has 7 heteroatoms. The Hall–Kier alpha value is -1.15. The van der Waals surface area contributed by atoms with Crippen molar-refractivity contribution in [1.82, 2.24) is 4.72 Å². The summed E-state index contributed by atoms with van der Waals surface area (Å²) < 4.78 is 35.6. The van der Waals surface area contributed by atoms with E-state index >= 15 is 0 Å². The first-order valence-electron chi connectivity index (χ1n) is 5.82. The van der Waals surface area contributed by atoms with E-state index in [-0.39, 0.29) is 11.0 Å². The molecule has 0 amide bonds. The van der Waals surface area contributed by atoms with E-state index < -0.39 is 10.0 Å². The molecule has 0 spiro atoms. The van der Waals surface area contributed by atoms with E-state index in [0.717, 1.165) is 5.69 Å². The van der Waals surface area contributed by atoms with E-state index in [0.29, 0.717) is 13.2 Å². The second-order valence-corrected chi connectivity index (χ2v) is 5.81. The van der Waals surface area contributed by atoms with E-state index in [1.807, 2.05) is 0 Å². The summed E-state index contributed by atoms with van der Waals surface area (Å²) in [4.78, 5) is 0.237. The van der Waals surface area contributed by atoms with Crippen LogP contribution in [0, 0.1) is 0 Å². The molecule has 6 nitrogen and oxygen atoms in total. The highest BCUT2D eigenvalue weighted by molar-refractivity contribution is 7.89. The third-order valence-corrected chi connectivity index (χ3v) is 4.08. The van der Waals surface area contributed by atoms with Gasteiger partial charge < -0.3 is 14.8 Å². The van der Waals surface area contributed by atoms with Gasteiger partial charge in [0.2, 0.25) is 10.0 Å². The van der Waals surface area contributed by atoms with Gasteiger partial charge in [-0.3, -0.25) is 0 Å². The average Bonchev–Trinajstić information content (AvgIpc) is 2.44. The third-order valence-electron chi connectivity index (χ3n) is 2.65. The average molecular weight is 288 g/mol. The summed E-state index contributed by atoms with van der Waals surface area (Å²) in [6.45, 7) is 1.08. The van der Waals surface area contributed by atoms with Gasteiger partial charge in [-0.05, 0) is 31.3 Å². The maximum atomic E-state index is 11.5. The van der Waals surface area contributed by atoms with Gasteiger partial charge in [-0.15, -0.1) is 0 Å². The molecule has 0 saturated carbocycles. The van der Waals surface area contributed by atoms with Crippen LogP contribution in [0.5, 0.6) is 0 Å². The van der Waals surface area contributed by atoms with Gasteiger partial charge in [0, 0.05) is 26.5 Å². The number of benzene rings is 1. The zero-order valence-electron chi connectivity index (χ0n) is 11.3. The molecule has 1 unspecified atom stereocenters. The van der Waals surface area contributed by atoms with Gasteiger partial charge in [-0.1, -0.05) is 0 Å². The zero-order chi connectivity index (χ0) is 14.3. The number of nitrogens with one attached hydrogen (secondary N) is 2. The summed E-state index contributed by atoms with van der Waals surface area (Å²) in [7, 11) is 1.24. The zero-order valence-corrected chi connectivity index (χ0v) is 12.2. The predicted molar refractivity (Wildman–Crippen MR) is 73.9 cm³/mol. The monoisotopic (exact) mass is 288 g/mol. The molecule has 0 fully saturated rings. The molecule has 1 aromatic carbocycles. The van der Waals surface area contributed by atoms with Crippen LogP contribution in [0.2, 0.25) is 0 Å². The molecule has 0 bridgehead atoms. The molecule has 1 rings (SSSR count). The van der Waals surface area contributed by atoms with Crippen molar-refractivity contribution in [2.45, 2.75) is 11.0 Å². The topological polar surface area (TPSA) is 76.7 Å². The lowest BCUT2D eigenvalue weighted by atomic mass is 10.3. The van der Waals surface area contributed by atoms with Crippen molar-refractivity contribution in [3.8, 4) is 0 Å².